The molecule has 5 heteroatoms. The number of hydrogen-bond acceptors (Lipinski definition) is 3. The number of phenolic OH excluding ortho intramolecular Hbond substituents is 1. The molecule has 0 unspecified atom stereocenters. The van der Waals surface area contributed by atoms with Gasteiger partial charge in [-0.25, -0.2) is 9.18 Å². The molecular weight excluding hydrogens is 275 g/mol. The number of benzene rings is 2. The minimum atomic E-state index is -1.12. The molecule has 0 bridgehead atoms. The Morgan fingerprint density at radius 2 is 1.90 bits per heavy atom. The third-order valence-corrected chi connectivity index (χ3v) is 2.71. The first-order chi connectivity index (χ1) is 10.0. The third kappa shape index (κ3) is 4.35. The maximum atomic E-state index is 13.2. The van der Waals surface area contributed by atoms with Crippen molar-refractivity contribution in [3.8, 4) is 11.5 Å². The molecule has 0 aromatic heterocycles. The summed E-state index contributed by atoms with van der Waals surface area (Å²) in [6.07, 6.45) is 2.19. The smallest absolute Gasteiger partial charge is 0.328 e. The van der Waals surface area contributed by atoms with Crippen LogP contribution < -0.4 is 4.74 Å². The van der Waals surface area contributed by atoms with Gasteiger partial charge in [0.05, 0.1) is 0 Å². The zero-order chi connectivity index (χ0) is 15.2. The molecule has 0 atom stereocenters. The lowest BCUT2D eigenvalue weighted by Crippen LogP contribution is -1.97. The van der Waals surface area contributed by atoms with Gasteiger partial charge in [0, 0.05) is 11.6 Å². The molecule has 4 nitrogen and oxygen atoms in total. The predicted octanol–water partition coefficient (Wildman–Crippen LogP) is 3.21. The first-order valence-electron chi connectivity index (χ1n) is 6.16. The van der Waals surface area contributed by atoms with Crippen LogP contribution in [0.1, 0.15) is 11.1 Å². The van der Waals surface area contributed by atoms with Gasteiger partial charge in [0.15, 0.2) is 0 Å². The van der Waals surface area contributed by atoms with Gasteiger partial charge in [0.25, 0.3) is 0 Å². The van der Waals surface area contributed by atoms with Gasteiger partial charge in [-0.1, -0.05) is 12.1 Å². The molecule has 0 saturated heterocycles. The molecule has 0 aliphatic heterocycles. The van der Waals surface area contributed by atoms with Crippen molar-refractivity contribution in [2.75, 3.05) is 0 Å². The Hall–Kier alpha value is -2.82. The Morgan fingerprint density at radius 1 is 1.19 bits per heavy atom. The van der Waals surface area contributed by atoms with Gasteiger partial charge >= 0.3 is 5.97 Å². The highest BCUT2D eigenvalue weighted by molar-refractivity contribution is 5.85. The summed E-state index contributed by atoms with van der Waals surface area (Å²) in [5.41, 5.74) is 1.17. The van der Waals surface area contributed by atoms with Crippen molar-refractivity contribution >= 4 is 12.0 Å². The largest absolute Gasteiger partial charge is 0.508 e. The summed E-state index contributed by atoms with van der Waals surface area (Å²) in [7, 11) is 0. The molecule has 108 valence electrons. The van der Waals surface area contributed by atoms with Gasteiger partial charge in [-0.3, -0.25) is 0 Å². The van der Waals surface area contributed by atoms with Crippen LogP contribution >= 0.6 is 0 Å². The Labute approximate surface area is 120 Å². The Morgan fingerprint density at radius 3 is 2.57 bits per heavy atom. The molecule has 2 aromatic rings. The minimum Gasteiger partial charge on any atom is -0.508 e. The van der Waals surface area contributed by atoms with Gasteiger partial charge in [-0.05, 0) is 42.0 Å². The van der Waals surface area contributed by atoms with Crippen molar-refractivity contribution < 1.29 is 24.1 Å². The van der Waals surface area contributed by atoms with Crippen molar-refractivity contribution in [3.63, 3.8) is 0 Å². The van der Waals surface area contributed by atoms with Gasteiger partial charge < -0.3 is 14.9 Å². The number of hydrogen-bond donors (Lipinski definition) is 2. The first-order valence-corrected chi connectivity index (χ1v) is 6.16. The number of carboxylic acid groups (broad SMARTS) is 1. The molecule has 2 N–H and O–H groups in total. The third-order valence-electron chi connectivity index (χ3n) is 2.71. The van der Waals surface area contributed by atoms with E-state index in [0.29, 0.717) is 11.3 Å². The molecule has 2 rings (SSSR count). The van der Waals surface area contributed by atoms with E-state index in [1.165, 1.54) is 36.4 Å². The predicted molar refractivity (Wildman–Crippen MR) is 75.5 cm³/mol. The maximum absolute atomic E-state index is 13.2. The van der Waals surface area contributed by atoms with Crippen molar-refractivity contribution in [3.05, 3.63) is 65.5 Å². The van der Waals surface area contributed by atoms with E-state index in [9.17, 15) is 14.3 Å². The normalized spacial score (nSPS) is 10.7. The van der Waals surface area contributed by atoms with E-state index in [0.717, 1.165) is 11.6 Å². The second-order valence-electron chi connectivity index (χ2n) is 4.31. The highest BCUT2D eigenvalue weighted by Gasteiger charge is 2.04. The van der Waals surface area contributed by atoms with Crippen LogP contribution in [0, 0.1) is 5.82 Å². The molecule has 0 heterocycles. The SMILES string of the molecule is O=C(O)/C=C/c1cc(F)ccc1OCc1ccc(O)cc1. The van der Waals surface area contributed by atoms with Crippen molar-refractivity contribution in [2.45, 2.75) is 6.61 Å². The second-order valence-corrected chi connectivity index (χ2v) is 4.31. The summed E-state index contributed by atoms with van der Waals surface area (Å²) < 4.78 is 18.8. The highest BCUT2D eigenvalue weighted by Crippen LogP contribution is 2.22. The van der Waals surface area contributed by atoms with E-state index in [4.69, 9.17) is 9.84 Å². The summed E-state index contributed by atoms with van der Waals surface area (Å²) in [6.45, 7) is 0.222. The Bertz CT molecular complexity index is 662. The van der Waals surface area contributed by atoms with E-state index in [1.807, 2.05) is 0 Å². The van der Waals surface area contributed by atoms with E-state index >= 15 is 0 Å². The number of aromatic hydroxyl groups is 1. The fraction of sp³-hybridized carbons (Fsp3) is 0.0625. The van der Waals surface area contributed by atoms with Crippen molar-refractivity contribution in [1.29, 1.82) is 0 Å². The second kappa shape index (κ2) is 6.56. The highest BCUT2D eigenvalue weighted by atomic mass is 19.1. The topological polar surface area (TPSA) is 66.8 Å². The van der Waals surface area contributed by atoms with Crippen LogP contribution in [0.3, 0.4) is 0 Å². The number of carboxylic acids is 1. The lowest BCUT2D eigenvalue weighted by molar-refractivity contribution is -0.131. The summed E-state index contributed by atoms with van der Waals surface area (Å²) in [5.74, 6) is -1.06. The summed E-state index contributed by atoms with van der Waals surface area (Å²) in [4.78, 5) is 10.5. The zero-order valence-corrected chi connectivity index (χ0v) is 11.0. The monoisotopic (exact) mass is 288 g/mol. The summed E-state index contributed by atoms with van der Waals surface area (Å²) in [5, 5.41) is 17.8. The molecule has 0 spiro atoms. The van der Waals surface area contributed by atoms with Crippen molar-refractivity contribution in [1.82, 2.24) is 0 Å². The Kier molecular flexibility index (Phi) is 4.56. The number of rotatable bonds is 5. The molecule has 0 radical (unpaired) electrons. The van der Waals surface area contributed by atoms with Gasteiger partial charge in [0.1, 0.15) is 23.9 Å². The number of ether oxygens (including phenoxy) is 1. The average molecular weight is 288 g/mol. The lowest BCUT2D eigenvalue weighted by atomic mass is 10.1. The molecule has 0 saturated carbocycles. The number of phenols is 1. The fourth-order valence-electron chi connectivity index (χ4n) is 1.70. The lowest BCUT2D eigenvalue weighted by Gasteiger charge is -2.09. The maximum Gasteiger partial charge on any atom is 0.328 e. The standard InChI is InChI=1S/C16H13FO4/c17-13-4-7-15(12(9-13)3-8-16(19)20)21-10-11-1-5-14(18)6-2-11/h1-9,18H,10H2,(H,19,20)/b8-3+. The molecule has 0 fully saturated rings. The van der Waals surface area contributed by atoms with Gasteiger partial charge in [-0.15, -0.1) is 0 Å². The number of aliphatic carboxylic acids is 1. The van der Waals surface area contributed by atoms with E-state index in [2.05, 4.69) is 0 Å². The molecule has 0 amide bonds. The quantitative estimate of drug-likeness (QED) is 0.829. The molecule has 0 aliphatic rings. The van der Waals surface area contributed by atoms with Crippen LogP contribution in [-0.4, -0.2) is 16.2 Å². The van der Waals surface area contributed by atoms with Crippen LogP contribution in [0.15, 0.2) is 48.5 Å². The van der Waals surface area contributed by atoms with Crippen molar-refractivity contribution in [2.24, 2.45) is 0 Å². The van der Waals surface area contributed by atoms with E-state index < -0.39 is 11.8 Å². The molecular formula is C16H13FO4. The average Bonchev–Trinajstić information content (AvgIpc) is 2.45. The fourth-order valence-corrected chi connectivity index (χ4v) is 1.70. The first kappa shape index (κ1) is 14.6. The van der Waals surface area contributed by atoms with Crippen LogP contribution in [0.4, 0.5) is 4.39 Å². The van der Waals surface area contributed by atoms with E-state index in [-0.39, 0.29) is 12.4 Å². The number of carbonyl (C=O) groups is 1. The van der Waals surface area contributed by atoms with Crippen LogP contribution in [0.25, 0.3) is 6.08 Å². The Balaban J connectivity index is 2.15. The zero-order valence-electron chi connectivity index (χ0n) is 11.0. The molecule has 2 aromatic carbocycles. The summed E-state index contributed by atoms with van der Waals surface area (Å²) in [6, 6.07) is 10.4. The van der Waals surface area contributed by atoms with Crippen LogP contribution in [-0.2, 0) is 11.4 Å². The van der Waals surface area contributed by atoms with Crippen LogP contribution in [0.2, 0.25) is 0 Å². The van der Waals surface area contributed by atoms with Gasteiger partial charge in [-0.2, -0.15) is 0 Å². The number of halogens is 1. The molecule has 0 aliphatic carbocycles. The summed E-state index contributed by atoms with van der Waals surface area (Å²) >= 11 is 0. The van der Waals surface area contributed by atoms with Gasteiger partial charge in [0.2, 0.25) is 0 Å². The molecule has 21 heavy (non-hydrogen) atoms. The minimum absolute atomic E-state index is 0.158. The van der Waals surface area contributed by atoms with Crippen LogP contribution in [0.5, 0.6) is 11.5 Å². The van der Waals surface area contributed by atoms with E-state index in [1.54, 1.807) is 12.1 Å².